The van der Waals surface area contributed by atoms with Crippen LogP contribution in [-0.2, 0) is 0 Å². The predicted molar refractivity (Wildman–Crippen MR) is 65.1 cm³/mol. The first kappa shape index (κ1) is 11.5. The second-order valence-corrected chi connectivity index (χ2v) is 5.35. The normalized spacial score (nSPS) is 24.4. The molecule has 2 unspecified atom stereocenters. The molecular weight excluding hydrogens is 222 g/mol. The molecule has 1 heterocycles. The number of thiophene rings is 1. The van der Waals surface area contributed by atoms with Crippen LogP contribution >= 0.6 is 11.3 Å². The summed E-state index contributed by atoms with van der Waals surface area (Å²) in [5.74, 6) is 1.53. The maximum absolute atomic E-state index is 11.9. The summed E-state index contributed by atoms with van der Waals surface area (Å²) in [6.07, 6.45) is 3.43. The minimum absolute atomic E-state index is 0.0346. The average molecular weight is 239 g/mol. The molecule has 0 aliphatic heterocycles. The molecule has 1 aliphatic rings. The van der Waals surface area contributed by atoms with Gasteiger partial charge in [0.15, 0.2) is 0 Å². The highest BCUT2D eigenvalue weighted by Crippen LogP contribution is 2.26. The van der Waals surface area contributed by atoms with Crippen molar-refractivity contribution in [2.45, 2.75) is 32.2 Å². The van der Waals surface area contributed by atoms with Crippen molar-refractivity contribution in [3.05, 3.63) is 16.3 Å². The standard InChI is InChI=1S/C12H17NO2S/c1-8-3-4-9(5-8)13-12(14)11-6-10(15-2)7-16-11/h6-9H,3-5H2,1-2H3,(H,13,14). The zero-order chi connectivity index (χ0) is 11.5. The number of hydrogen-bond donors (Lipinski definition) is 1. The third kappa shape index (κ3) is 2.55. The van der Waals surface area contributed by atoms with Crippen LogP contribution in [0.3, 0.4) is 0 Å². The summed E-state index contributed by atoms with van der Waals surface area (Å²) in [4.78, 5) is 12.6. The van der Waals surface area contributed by atoms with Crippen molar-refractivity contribution in [1.29, 1.82) is 0 Å². The fourth-order valence-electron chi connectivity index (χ4n) is 2.14. The summed E-state index contributed by atoms with van der Waals surface area (Å²) in [6.45, 7) is 2.24. The highest BCUT2D eigenvalue weighted by Gasteiger charge is 2.23. The van der Waals surface area contributed by atoms with Crippen LogP contribution in [0, 0.1) is 5.92 Å². The first-order valence-corrected chi connectivity index (χ1v) is 6.50. The van der Waals surface area contributed by atoms with Crippen LogP contribution in [0.4, 0.5) is 0 Å². The van der Waals surface area contributed by atoms with Gasteiger partial charge in [-0.2, -0.15) is 0 Å². The molecule has 1 aliphatic carbocycles. The van der Waals surface area contributed by atoms with Crippen LogP contribution in [-0.4, -0.2) is 19.1 Å². The SMILES string of the molecule is COc1csc(C(=O)NC2CCC(C)C2)c1. The molecule has 2 atom stereocenters. The Morgan fingerprint density at radius 1 is 1.56 bits per heavy atom. The van der Waals surface area contributed by atoms with Crippen LogP contribution in [0.15, 0.2) is 11.4 Å². The maximum Gasteiger partial charge on any atom is 0.261 e. The van der Waals surface area contributed by atoms with Gasteiger partial charge in [-0.1, -0.05) is 6.92 Å². The third-order valence-electron chi connectivity index (χ3n) is 3.06. The van der Waals surface area contributed by atoms with Gasteiger partial charge in [0.2, 0.25) is 0 Å². The van der Waals surface area contributed by atoms with Gasteiger partial charge in [-0.05, 0) is 25.2 Å². The molecule has 2 rings (SSSR count). The lowest BCUT2D eigenvalue weighted by Gasteiger charge is -2.11. The molecule has 1 aromatic heterocycles. The Balaban J connectivity index is 1.92. The number of hydrogen-bond acceptors (Lipinski definition) is 3. The van der Waals surface area contributed by atoms with Gasteiger partial charge in [-0.25, -0.2) is 0 Å². The molecule has 0 aromatic carbocycles. The molecule has 1 fully saturated rings. The van der Waals surface area contributed by atoms with Crippen molar-refractivity contribution >= 4 is 17.2 Å². The van der Waals surface area contributed by atoms with Gasteiger partial charge < -0.3 is 10.1 Å². The Bertz CT molecular complexity index is 375. The van der Waals surface area contributed by atoms with E-state index in [0.29, 0.717) is 6.04 Å². The second kappa shape index (κ2) is 4.87. The molecule has 0 saturated heterocycles. The summed E-state index contributed by atoms with van der Waals surface area (Å²) < 4.78 is 5.06. The molecule has 0 radical (unpaired) electrons. The van der Waals surface area contributed by atoms with E-state index in [1.54, 1.807) is 13.2 Å². The van der Waals surface area contributed by atoms with Crippen molar-refractivity contribution in [1.82, 2.24) is 5.32 Å². The Morgan fingerprint density at radius 2 is 2.38 bits per heavy atom. The summed E-state index contributed by atoms with van der Waals surface area (Å²) >= 11 is 1.43. The fourth-order valence-corrected chi connectivity index (χ4v) is 2.90. The van der Waals surface area contributed by atoms with Crippen LogP contribution in [0.5, 0.6) is 5.75 Å². The van der Waals surface area contributed by atoms with Crippen molar-refractivity contribution in [2.75, 3.05) is 7.11 Å². The van der Waals surface area contributed by atoms with Gasteiger partial charge in [-0.3, -0.25) is 4.79 Å². The molecule has 1 aromatic rings. The number of ether oxygens (including phenoxy) is 1. The number of carbonyl (C=O) groups excluding carboxylic acids is 1. The van der Waals surface area contributed by atoms with Crippen LogP contribution in [0.25, 0.3) is 0 Å². The smallest absolute Gasteiger partial charge is 0.261 e. The highest BCUT2D eigenvalue weighted by atomic mass is 32.1. The van der Waals surface area contributed by atoms with Crippen molar-refractivity contribution in [3.8, 4) is 5.75 Å². The summed E-state index contributed by atoms with van der Waals surface area (Å²) in [7, 11) is 1.61. The first-order valence-electron chi connectivity index (χ1n) is 5.62. The third-order valence-corrected chi connectivity index (χ3v) is 3.97. The van der Waals surface area contributed by atoms with Crippen LogP contribution in [0.1, 0.15) is 35.9 Å². The fraction of sp³-hybridized carbons (Fsp3) is 0.583. The lowest BCUT2D eigenvalue weighted by atomic mass is 10.1. The minimum Gasteiger partial charge on any atom is -0.496 e. The molecule has 0 bridgehead atoms. The van der Waals surface area contributed by atoms with Crippen LogP contribution in [0.2, 0.25) is 0 Å². The molecule has 1 amide bonds. The Morgan fingerprint density at radius 3 is 2.94 bits per heavy atom. The molecule has 16 heavy (non-hydrogen) atoms. The van der Waals surface area contributed by atoms with E-state index in [1.165, 1.54) is 17.8 Å². The van der Waals surface area contributed by atoms with E-state index in [2.05, 4.69) is 12.2 Å². The van der Waals surface area contributed by atoms with Crippen molar-refractivity contribution in [3.63, 3.8) is 0 Å². The zero-order valence-electron chi connectivity index (χ0n) is 9.66. The highest BCUT2D eigenvalue weighted by molar-refractivity contribution is 7.12. The topological polar surface area (TPSA) is 38.3 Å². The Kier molecular flexibility index (Phi) is 3.49. The van der Waals surface area contributed by atoms with Crippen LogP contribution < -0.4 is 10.1 Å². The van der Waals surface area contributed by atoms with Gasteiger partial charge in [-0.15, -0.1) is 11.3 Å². The molecule has 3 nitrogen and oxygen atoms in total. The minimum atomic E-state index is 0.0346. The van der Waals surface area contributed by atoms with Gasteiger partial charge in [0.25, 0.3) is 5.91 Å². The maximum atomic E-state index is 11.9. The molecule has 88 valence electrons. The zero-order valence-corrected chi connectivity index (χ0v) is 10.5. The molecule has 1 saturated carbocycles. The monoisotopic (exact) mass is 239 g/mol. The van der Waals surface area contributed by atoms with Crippen molar-refractivity contribution < 1.29 is 9.53 Å². The second-order valence-electron chi connectivity index (χ2n) is 4.44. The molecular formula is C12H17NO2S. The lowest BCUT2D eigenvalue weighted by Crippen LogP contribution is -2.32. The largest absolute Gasteiger partial charge is 0.496 e. The van der Waals surface area contributed by atoms with E-state index in [-0.39, 0.29) is 5.91 Å². The van der Waals surface area contributed by atoms with Gasteiger partial charge >= 0.3 is 0 Å². The van der Waals surface area contributed by atoms with E-state index < -0.39 is 0 Å². The Hall–Kier alpha value is -1.03. The summed E-state index contributed by atoms with van der Waals surface area (Å²) in [5.41, 5.74) is 0. The quantitative estimate of drug-likeness (QED) is 0.880. The molecule has 1 N–H and O–H groups in total. The van der Waals surface area contributed by atoms with E-state index in [0.717, 1.165) is 29.4 Å². The lowest BCUT2D eigenvalue weighted by molar-refractivity contribution is 0.0941. The summed E-state index contributed by atoms with van der Waals surface area (Å²) in [5, 5.41) is 4.93. The predicted octanol–water partition coefficient (Wildman–Crippen LogP) is 2.68. The van der Waals surface area contributed by atoms with Gasteiger partial charge in [0, 0.05) is 17.5 Å². The van der Waals surface area contributed by atoms with Gasteiger partial charge in [0.05, 0.1) is 12.0 Å². The average Bonchev–Trinajstić information content (AvgIpc) is 2.87. The van der Waals surface area contributed by atoms with E-state index in [4.69, 9.17) is 4.74 Å². The molecule has 0 spiro atoms. The number of carbonyl (C=O) groups is 1. The molecule has 4 heteroatoms. The first-order chi connectivity index (χ1) is 7.69. The van der Waals surface area contributed by atoms with Gasteiger partial charge in [0.1, 0.15) is 5.75 Å². The number of amides is 1. The number of rotatable bonds is 3. The van der Waals surface area contributed by atoms with Crippen molar-refractivity contribution in [2.24, 2.45) is 5.92 Å². The summed E-state index contributed by atoms with van der Waals surface area (Å²) in [6, 6.07) is 2.15. The van der Waals surface area contributed by atoms with E-state index >= 15 is 0 Å². The Labute approximate surface area is 99.8 Å². The number of nitrogens with one attached hydrogen (secondary N) is 1. The van der Waals surface area contributed by atoms with E-state index in [1.807, 2.05) is 5.38 Å². The number of methoxy groups -OCH3 is 1. The van der Waals surface area contributed by atoms with E-state index in [9.17, 15) is 4.79 Å².